The number of carbonyl (C=O) groups is 3. The van der Waals surface area contributed by atoms with E-state index in [0.717, 1.165) is 40.0 Å². The van der Waals surface area contributed by atoms with Crippen molar-refractivity contribution in [1.82, 2.24) is 4.98 Å². The molecule has 0 aliphatic heterocycles. The lowest BCUT2D eigenvalue weighted by atomic mass is 9.73. The van der Waals surface area contributed by atoms with Crippen molar-refractivity contribution < 1.29 is 33.0 Å². The molecule has 5 atom stereocenters. The zero-order valence-electron chi connectivity index (χ0n) is 35.4. The van der Waals surface area contributed by atoms with Crippen molar-refractivity contribution in [3.8, 4) is 0 Å². The molecule has 0 saturated carbocycles. The molecule has 0 bridgehead atoms. The van der Waals surface area contributed by atoms with Crippen LogP contribution in [0.1, 0.15) is 113 Å². The summed E-state index contributed by atoms with van der Waals surface area (Å²) in [7, 11) is -2.32. The number of halogens is 3. The Morgan fingerprint density at radius 1 is 1.04 bits per heavy atom. The molecular formula is C40H63Cl3N4O7SSi. The standard InChI is InChI=1S/C40H63Cl3N4O7SSi/c1-14-56(15-2,16-3)54-33(23-34(48)53-38(9,10)11)39(12,13)36(49)29(7)35(52-37(50)51-25-40(41,42)43)27(5)19-17-18-26(4)20-21-32(46-47-44)28(6)22-31-24-55-30(8)45-31/h17-18,20,22,24,27,29,32-33,35H,14-16,19,21,23,25H2,1-13H3/b18-17+,26-20-,28-22+/t27-,29+,32-,33?,35?/m0/s1. The van der Waals surface area contributed by atoms with E-state index >= 15 is 0 Å². The maximum Gasteiger partial charge on any atom is 0.508 e. The number of hydrogen-bond acceptors (Lipinski definition) is 10. The molecule has 11 nitrogen and oxygen atoms in total. The molecule has 1 aromatic rings. The molecule has 0 aromatic carbocycles. The number of Topliss-reactive ketones (excluding diaryl/α,β-unsaturated/α-hetero) is 1. The second kappa shape index (κ2) is 23.3. The van der Waals surface area contributed by atoms with Crippen molar-refractivity contribution in [3.63, 3.8) is 0 Å². The van der Waals surface area contributed by atoms with Gasteiger partial charge in [0.25, 0.3) is 0 Å². The molecule has 0 aliphatic carbocycles. The highest BCUT2D eigenvalue weighted by Crippen LogP contribution is 2.38. The number of esters is 1. The van der Waals surface area contributed by atoms with Gasteiger partial charge in [0.05, 0.1) is 35.2 Å². The zero-order valence-corrected chi connectivity index (χ0v) is 39.5. The van der Waals surface area contributed by atoms with E-state index in [1.165, 1.54) is 0 Å². The molecule has 0 spiro atoms. The minimum absolute atomic E-state index is 0.113. The van der Waals surface area contributed by atoms with Gasteiger partial charge >= 0.3 is 12.1 Å². The maximum absolute atomic E-state index is 14.6. The highest BCUT2D eigenvalue weighted by molar-refractivity contribution is 7.09. The van der Waals surface area contributed by atoms with Crippen molar-refractivity contribution in [3.05, 3.63) is 55.9 Å². The fraction of sp³-hybridized carbons (Fsp3) is 0.700. The quantitative estimate of drug-likeness (QED) is 0.0212. The van der Waals surface area contributed by atoms with E-state index in [1.54, 1.807) is 52.9 Å². The highest BCUT2D eigenvalue weighted by Gasteiger charge is 2.48. The zero-order chi connectivity index (χ0) is 43.1. The van der Waals surface area contributed by atoms with Crippen LogP contribution in [0.2, 0.25) is 18.1 Å². The molecule has 2 unspecified atom stereocenters. The van der Waals surface area contributed by atoms with Crippen LogP contribution in [0.5, 0.6) is 0 Å². The molecular weight excluding hydrogens is 815 g/mol. The van der Waals surface area contributed by atoms with E-state index in [4.69, 9.17) is 53.4 Å². The lowest BCUT2D eigenvalue weighted by molar-refractivity contribution is -0.159. The molecule has 0 N–H and O–H groups in total. The molecule has 0 aliphatic rings. The van der Waals surface area contributed by atoms with Crippen LogP contribution in [-0.2, 0) is 28.2 Å². The van der Waals surface area contributed by atoms with Crippen LogP contribution >= 0.6 is 46.1 Å². The van der Waals surface area contributed by atoms with Gasteiger partial charge in [-0.15, -0.1) is 11.3 Å². The maximum atomic E-state index is 14.6. The topological polar surface area (TPSA) is 150 Å². The number of azide groups is 1. The molecule has 0 amide bonds. The summed E-state index contributed by atoms with van der Waals surface area (Å²) in [6, 6.07) is 2.06. The van der Waals surface area contributed by atoms with Gasteiger partial charge in [0.2, 0.25) is 3.79 Å². The van der Waals surface area contributed by atoms with Crippen LogP contribution in [-0.4, -0.2) is 65.5 Å². The number of carbonyl (C=O) groups excluding carboxylic acids is 3. The van der Waals surface area contributed by atoms with Gasteiger partial charge in [-0.2, -0.15) is 0 Å². The third-order valence-electron chi connectivity index (χ3n) is 9.87. The number of aromatic nitrogens is 1. The SMILES string of the molecule is CC[Si](CC)(CC)OC(CC(=O)OC(C)(C)C)C(C)(C)C(=O)[C@H](C)C(OC(=O)OCC(Cl)(Cl)Cl)[C@@H](C)C/C=C/C(C)=C\C[C@H](N=[N+]=[N-])/C(C)=C/c1csc(C)n1. The Morgan fingerprint density at radius 2 is 1.64 bits per heavy atom. The third kappa shape index (κ3) is 18.0. The lowest BCUT2D eigenvalue weighted by Crippen LogP contribution is -2.52. The summed E-state index contributed by atoms with van der Waals surface area (Å²) in [6.07, 6.45) is 5.74. The first-order chi connectivity index (χ1) is 25.8. The Bertz CT molecular complexity index is 1580. The predicted octanol–water partition coefficient (Wildman–Crippen LogP) is 12.7. The van der Waals surface area contributed by atoms with Gasteiger partial charge in [-0.1, -0.05) is 118 Å². The molecule has 1 rings (SSSR count). The fourth-order valence-electron chi connectivity index (χ4n) is 6.30. The van der Waals surface area contributed by atoms with Crippen LogP contribution in [0.25, 0.3) is 16.5 Å². The summed E-state index contributed by atoms with van der Waals surface area (Å²) in [5.74, 6) is -1.93. The molecule has 0 fully saturated rings. The smallest absolute Gasteiger partial charge is 0.460 e. The summed E-state index contributed by atoms with van der Waals surface area (Å²) in [6.45, 7) is 24.0. The average Bonchev–Trinajstić information content (AvgIpc) is 3.51. The first-order valence-corrected chi connectivity index (χ1v) is 23.7. The minimum Gasteiger partial charge on any atom is -0.460 e. The van der Waals surface area contributed by atoms with Gasteiger partial charge in [0, 0.05) is 15.7 Å². The Morgan fingerprint density at radius 3 is 2.14 bits per heavy atom. The number of thiazole rings is 1. The molecule has 1 heterocycles. The highest BCUT2D eigenvalue weighted by atomic mass is 35.6. The molecule has 0 saturated heterocycles. The van der Waals surface area contributed by atoms with E-state index in [-0.39, 0.29) is 24.2 Å². The predicted molar refractivity (Wildman–Crippen MR) is 232 cm³/mol. The van der Waals surface area contributed by atoms with Gasteiger partial charge < -0.3 is 18.6 Å². The van der Waals surface area contributed by atoms with Crippen molar-refractivity contribution in [2.45, 2.75) is 155 Å². The van der Waals surface area contributed by atoms with Gasteiger partial charge in [0.1, 0.15) is 24.1 Å². The number of rotatable bonds is 22. The van der Waals surface area contributed by atoms with Crippen LogP contribution in [0.4, 0.5) is 4.79 Å². The molecule has 316 valence electrons. The number of hydrogen-bond donors (Lipinski definition) is 0. The Labute approximate surface area is 354 Å². The van der Waals surface area contributed by atoms with Gasteiger partial charge in [0.15, 0.2) is 8.32 Å². The van der Waals surface area contributed by atoms with E-state index in [2.05, 4.69) is 35.8 Å². The van der Waals surface area contributed by atoms with Crippen molar-refractivity contribution >= 4 is 78.4 Å². The number of ether oxygens (including phenoxy) is 3. The summed E-state index contributed by atoms with van der Waals surface area (Å²) in [4.78, 5) is 48.4. The first-order valence-electron chi connectivity index (χ1n) is 19.1. The number of ketones is 1. The van der Waals surface area contributed by atoms with E-state index in [1.807, 2.05) is 57.4 Å². The largest absolute Gasteiger partial charge is 0.508 e. The summed E-state index contributed by atoms with van der Waals surface area (Å²) >= 11 is 19.0. The van der Waals surface area contributed by atoms with Gasteiger partial charge in [-0.3, -0.25) is 9.59 Å². The fourth-order valence-corrected chi connectivity index (χ4v) is 10.0. The van der Waals surface area contributed by atoms with Crippen molar-refractivity contribution in [1.29, 1.82) is 0 Å². The van der Waals surface area contributed by atoms with Crippen LogP contribution in [0, 0.1) is 24.2 Å². The summed E-state index contributed by atoms with van der Waals surface area (Å²) < 4.78 is 21.7. The number of alkyl halides is 3. The number of aryl methyl sites for hydroxylation is 1. The number of allylic oxidation sites excluding steroid dienone is 3. The van der Waals surface area contributed by atoms with Crippen LogP contribution in [0.15, 0.2) is 39.9 Å². The second-order valence-corrected chi connectivity index (χ2v) is 24.3. The van der Waals surface area contributed by atoms with Gasteiger partial charge in [-0.25, -0.2) is 9.78 Å². The average molecular weight is 878 g/mol. The van der Waals surface area contributed by atoms with Crippen molar-refractivity contribution in [2.24, 2.45) is 22.4 Å². The monoisotopic (exact) mass is 876 g/mol. The lowest BCUT2D eigenvalue weighted by Gasteiger charge is -2.42. The Balaban J connectivity index is 3.42. The molecule has 0 radical (unpaired) electrons. The third-order valence-corrected chi connectivity index (χ3v) is 15.6. The van der Waals surface area contributed by atoms with Crippen molar-refractivity contribution in [2.75, 3.05) is 6.61 Å². The summed E-state index contributed by atoms with van der Waals surface area (Å²) in [5.41, 5.74) is 9.95. The summed E-state index contributed by atoms with van der Waals surface area (Å²) in [5, 5.41) is 6.90. The van der Waals surface area contributed by atoms with E-state index < -0.39 is 60.0 Å². The molecule has 16 heteroatoms. The minimum atomic E-state index is -2.32. The van der Waals surface area contributed by atoms with E-state index in [9.17, 15) is 19.9 Å². The van der Waals surface area contributed by atoms with Gasteiger partial charge in [-0.05, 0) is 90.0 Å². The Hall–Kier alpha value is -2.38. The first kappa shape index (κ1) is 51.6. The molecule has 56 heavy (non-hydrogen) atoms. The second-order valence-electron chi connectivity index (χ2n) is 16.0. The van der Waals surface area contributed by atoms with Crippen LogP contribution in [0.3, 0.4) is 0 Å². The number of nitrogens with zero attached hydrogens (tertiary/aromatic N) is 4. The normalized spacial score (nSPS) is 16.1. The van der Waals surface area contributed by atoms with E-state index in [0.29, 0.717) is 12.8 Å². The molecule has 1 aromatic heterocycles. The van der Waals surface area contributed by atoms with Crippen LogP contribution < -0.4 is 0 Å². The Kier molecular flexibility index (Phi) is 21.5.